The molecule has 0 atom stereocenters. The lowest BCUT2D eigenvalue weighted by molar-refractivity contribution is -0.132. The predicted octanol–water partition coefficient (Wildman–Crippen LogP) is 5.35. The number of esters is 1. The fraction of sp³-hybridized carbons (Fsp3) is 0.207. The lowest BCUT2D eigenvalue weighted by atomic mass is 10.2. The van der Waals surface area contributed by atoms with Crippen molar-refractivity contribution in [3.8, 4) is 22.9 Å². The van der Waals surface area contributed by atoms with Gasteiger partial charge in [-0.15, -0.1) is 0 Å². The number of nitrogens with zero attached hydrogens (tertiary/aromatic N) is 2. The normalized spacial score (nSPS) is 10.9. The van der Waals surface area contributed by atoms with Crippen molar-refractivity contribution in [1.82, 2.24) is 9.99 Å². The minimum absolute atomic E-state index is 0.106. The number of aromatic nitrogens is 1. The summed E-state index contributed by atoms with van der Waals surface area (Å²) in [6.07, 6.45) is 1.45. The van der Waals surface area contributed by atoms with Gasteiger partial charge >= 0.3 is 11.9 Å². The molecule has 9 nitrogen and oxygen atoms in total. The molecule has 0 aliphatic rings. The van der Waals surface area contributed by atoms with Crippen molar-refractivity contribution >= 4 is 18.1 Å². The molecule has 0 spiro atoms. The van der Waals surface area contributed by atoms with E-state index in [-0.39, 0.29) is 12.4 Å². The van der Waals surface area contributed by atoms with E-state index in [1.807, 2.05) is 31.2 Å². The molecule has 196 valence electrons. The van der Waals surface area contributed by atoms with Gasteiger partial charge in [0.25, 0.3) is 0 Å². The van der Waals surface area contributed by atoms with Crippen LogP contribution < -0.4 is 19.6 Å². The molecular weight excluding hydrogens is 486 g/mol. The van der Waals surface area contributed by atoms with E-state index in [9.17, 15) is 9.59 Å². The Balaban J connectivity index is 1.31. The second kappa shape index (κ2) is 12.0. The van der Waals surface area contributed by atoms with Crippen LogP contribution in [0.1, 0.15) is 47.1 Å². The summed E-state index contributed by atoms with van der Waals surface area (Å²) in [7, 11) is 0. The van der Waals surface area contributed by atoms with Crippen LogP contribution in [0.5, 0.6) is 17.2 Å². The van der Waals surface area contributed by atoms with Crippen LogP contribution in [0, 0.1) is 13.8 Å². The summed E-state index contributed by atoms with van der Waals surface area (Å²) < 4.78 is 24.2. The maximum atomic E-state index is 12.4. The maximum absolute atomic E-state index is 12.4. The van der Waals surface area contributed by atoms with E-state index in [0.29, 0.717) is 35.2 Å². The van der Waals surface area contributed by atoms with Crippen molar-refractivity contribution in [2.24, 2.45) is 5.10 Å². The third kappa shape index (κ3) is 6.50. The largest absolute Gasteiger partial charge is 0.490 e. The second-order valence-corrected chi connectivity index (χ2v) is 8.43. The molecule has 0 saturated carbocycles. The lowest BCUT2D eigenvalue weighted by Gasteiger charge is -2.10. The zero-order chi connectivity index (χ0) is 27.1. The molecule has 1 N–H and O–H groups in total. The topological polar surface area (TPSA) is 104 Å². The first-order chi connectivity index (χ1) is 18.3. The average molecular weight is 516 g/mol. The molecule has 0 radical (unpaired) electrons. The SMILES string of the molecule is CCOc1cc(/C=N/NC(=O)c2ccc(COc3ccc(-n4c(C)ccc4C)cc3)o2)ccc1OC(C)=O. The molecule has 1 amide bonds. The van der Waals surface area contributed by atoms with Crippen LogP contribution in [-0.2, 0) is 11.4 Å². The van der Waals surface area contributed by atoms with Gasteiger partial charge in [0.15, 0.2) is 17.3 Å². The Morgan fingerprint density at radius 1 is 0.947 bits per heavy atom. The number of hydrogen-bond donors (Lipinski definition) is 1. The highest BCUT2D eigenvalue weighted by molar-refractivity contribution is 5.92. The van der Waals surface area contributed by atoms with E-state index in [4.69, 9.17) is 18.6 Å². The van der Waals surface area contributed by atoms with Crippen LogP contribution in [0.15, 0.2) is 76.2 Å². The Kier molecular flexibility index (Phi) is 8.27. The Labute approximate surface area is 220 Å². The number of nitrogens with one attached hydrogen (secondary N) is 1. The van der Waals surface area contributed by atoms with Crippen molar-refractivity contribution in [2.45, 2.75) is 34.3 Å². The van der Waals surface area contributed by atoms with Crippen molar-refractivity contribution in [3.63, 3.8) is 0 Å². The van der Waals surface area contributed by atoms with Crippen LogP contribution in [0.4, 0.5) is 0 Å². The van der Waals surface area contributed by atoms with Gasteiger partial charge in [-0.2, -0.15) is 5.10 Å². The number of ether oxygens (including phenoxy) is 3. The Hall–Kier alpha value is -4.79. The fourth-order valence-corrected chi connectivity index (χ4v) is 3.83. The second-order valence-electron chi connectivity index (χ2n) is 8.43. The van der Waals surface area contributed by atoms with E-state index in [2.05, 4.69) is 41.1 Å². The first-order valence-corrected chi connectivity index (χ1v) is 12.1. The lowest BCUT2D eigenvalue weighted by Crippen LogP contribution is -2.16. The maximum Gasteiger partial charge on any atom is 0.308 e. The smallest absolute Gasteiger partial charge is 0.308 e. The molecule has 0 bridgehead atoms. The quantitative estimate of drug-likeness (QED) is 0.132. The summed E-state index contributed by atoms with van der Waals surface area (Å²) in [4.78, 5) is 23.7. The van der Waals surface area contributed by atoms with Crippen molar-refractivity contribution in [1.29, 1.82) is 0 Å². The molecule has 0 aliphatic carbocycles. The summed E-state index contributed by atoms with van der Waals surface area (Å²) >= 11 is 0. The standard InChI is InChI=1S/C29H29N3O6/c1-5-35-28-16-22(8-14-26(28)37-21(4)33)17-30-31-29(34)27-15-13-25(38-27)18-36-24-11-9-23(10-12-24)32-19(2)6-7-20(32)3/h6-17H,5,18H2,1-4H3,(H,31,34)/b30-17+. The number of benzene rings is 2. The Morgan fingerprint density at radius 2 is 1.68 bits per heavy atom. The van der Waals surface area contributed by atoms with Crippen molar-refractivity contribution < 1.29 is 28.2 Å². The number of carbonyl (C=O) groups excluding carboxylic acids is 2. The van der Waals surface area contributed by atoms with Gasteiger partial charge < -0.3 is 23.2 Å². The minimum atomic E-state index is -0.504. The van der Waals surface area contributed by atoms with Gasteiger partial charge in [-0.05, 0) is 93.1 Å². The van der Waals surface area contributed by atoms with Gasteiger partial charge in [0, 0.05) is 24.0 Å². The zero-order valence-corrected chi connectivity index (χ0v) is 21.7. The summed E-state index contributed by atoms with van der Waals surface area (Å²) in [5.74, 6) is 1.06. The molecule has 4 aromatic rings. The molecule has 4 rings (SSSR count). The molecule has 2 heterocycles. The number of carbonyl (C=O) groups is 2. The third-order valence-electron chi connectivity index (χ3n) is 5.53. The minimum Gasteiger partial charge on any atom is -0.490 e. The first kappa shape index (κ1) is 26.3. The van der Waals surface area contributed by atoms with Gasteiger partial charge in [0.05, 0.1) is 12.8 Å². The molecule has 2 aromatic heterocycles. The van der Waals surface area contributed by atoms with Crippen LogP contribution in [-0.4, -0.2) is 29.3 Å². The predicted molar refractivity (Wildman–Crippen MR) is 142 cm³/mol. The van der Waals surface area contributed by atoms with E-state index >= 15 is 0 Å². The van der Waals surface area contributed by atoms with Crippen LogP contribution >= 0.6 is 0 Å². The number of furan rings is 1. The van der Waals surface area contributed by atoms with Crippen LogP contribution in [0.3, 0.4) is 0 Å². The summed E-state index contributed by atoms with van der Waals surface area (Å²) in [5.41, 5.74) is 6.46. The van der Waals surface area contributed by atoms with E-state index in [1.165, 1.54) is 13.1 Å². The van der Waals surface area contributed by atoms with E-state index < -0.39 is 11.9 Å². The highest BCUT2D eigenvalue weighted by Crippen LogP contribution is 2.28. The number of amides is 1. The summed E-state index contributed by atoms with van der Waals surface area (Å²) in [5, 5.41) is 3.97. The van der Waals surface area contributed by atoms with Crippen molar-refractivity contribution in [3.05, 3.63) is 95.2 Å². The highest BCUT2D eigenvalue weighted by atomic mass is 16.6. The fourth-order valence-electron chi connectivity index (χ4n) is 3.83. The summed E-state index contributed by atoms with van der Waals surface area (Å²) in [6, 6.07) is 20.1. The highest BCUT2D eigenvalue weighted by Gasteiger charge is 2.12. The zero-order valence-electron chi connectivity index (χ0n) is 21.7. The molecule has 0 unspecified atom stereocenters. The molecule has 38 heavy (non-hydrogen) atoms. The number of aryl methyl sites for hydroxylation is 2. The van der Waals surface area contributed by atoms with Gasteiger partial charge in [0.1, 0.15) is 18.1 Å². The summed E-state index contributed by atoms with van der Waals surface area (Å²) in [6.45, 7) is 7.84. The monoisotopic (exact) mass is 515 g/mol. The van der Waals surface area contributed by atoms with Crippen molar-refractivity contribution in [2.75, 3.05) is 6.61 Å². The molecular formula is C29H29N3O6. The van der Waals surface area contributed by atoms with Gasteiger partial charge in [-0.25, -0.2) is 5.43 Å². The van der Waals surface area contributed by atoms with Gasteiger partial charge in [-0.1, -0.05) is 0 Å². The van der Waals surface area contributed by atoms with E-state index in [1.54, 1.807) is 30.3 Å². The van der Waals surface area contributed by atoms with Gasteiger partial charge in [0.2, 0.25) is 0 Å². The Bertz CT molecular complexity index is 1430. The third-order valence-corrected chi connectivity index (χ3v) is 5.53. The van der Waals surface area contributed by atoms with E-state index in [0.717, 1.165) is 17.1 Å². The van der Waals surface area contributed by atoms with Gasteiger partial charge in [-0.3, -0.25) is 9.59 Å². The number of hydrogen-bond acceptors (Lipinski definition) is 7. The average Bonchev–Trinajstić information content (AvgIpc) is 3.51. The first-order valence-electron chi connectivity index (χ1n) is 12.1. The Morgan fingerprint density at radius 3 is 2.37 bits per heavy atom. The molecule has 0 saturated heterocycles. The molecule has 0 aliphatic heterocycles. The molecule has 9 heteroatoms. The number of hydrazone groups is 1. The molecule has 2 aromatic carbocycles. The number of rotatable bonds is 10. The van der Waals surface area contributed by atoms with Crippen LogP contribution in [0.25, 0.3) is 5.69 Å². The molecule has 0 fully saturated rings. The van der Waals surface area contributed by atoms with Crippen LogP contribution in [0.2, 0.25) is 0 Å².